The molecular weight excluding hydrogens is 356 g/mol. The van der Waals surface area contributed by atoms with Gasteiger partial charge in [0.1, 0.15) is 5.75 Å². The number of benzene rings is 2. The zero-order valence-electron chi connectivity index (χ0n) is 13.7. The lowest BCUT2D eigenvalue weighted by Crippen LogP contribution is -2.02. The summed E-state index contributed by atoms with van der Waals surface area (Å²) in [5.41, 5.74) is 1.75. The fraction of sp³-hybridized carbons (Fsp3) is 0.167. The molecule has 0 amide bonds. The highest BCUT2D eigenvalue weighted by Gasteiger charge is 2.18. The first-order valence-electron chi connectivity index (χ1n) is 7.54. The summed E-state index contributed by atoms with van der Waals surface area (Å²) in [5.74, 6) is 1.41. The van der Waals surface area contributed by atoms with Gasteiger partial charge in [0.15, 0.2) is 11.0 Å². The quantitative estimate of drug-likeness (QED) is 0.614. The lowest BCUT2D eigenvalue weighted by molar-refractivity contribution is 0.415. The zero-order valence-corrected chi connectivity index (χ0v) is 15.3. The van der Waals surface area contributed by atoms with Crippen molar-refractivity contribution in [3.63, 3.8) is 0 Å². The van der Waals surface area contributed by atoms with E-state index in [1.165, 1.54) is 11.8 Å². The van der Waals surface area contributed by atoms with Gasteiger partial charge in [-0.2, -0.15) is 5.26 Å². The van der Waals surface area contributed by atoms with Gasteiger partial charge in [0.05, 0.1) is 18.4 Å². The average molecular weight is 371 g/mol. The molecule has 5 nitrogen and oxygen atoms in total. The van der Waals surface area contributed by atoms with E-state index >= 15 is 0 Å². The highest BCUT2D eigenvalue weighted by atomic mass is 35.5. The predicted molar refractivity (Wildman–Crippen MR) is 99.3 cm³/mol. The molecule has 0 aliphatic heterocycles. The van der Waals surface area contributed by atoms with Crippen molar-refractivity contribution >= 4 is 23.4 Å². The molecule has 126 valence electrons. The molecule has 0 saturated heterocycles. The first-order chi connectivity index (χ1) is 12.1. The van der Waals surface area contributed by atoms with Crippen LogP contribution in [-0.4, -0.2) is 27.1 Å². The fourth-order valence-corrected chi connectivity index (χ4v) is 3.18. The second-order valence-corrected chi connectivity index (χ2v) is 6.98. The molecule has 2 aromatic carbocycles. The average Bonchev–Trinajstić information content (AvgIpc) is 3.05. The van der Waals surface area contributed by atoms with E-state index in [0.717, 1.165) is 17.0 Å². The first-order valence-corrected chi connectivity index (χ1v) is 8.80. The molecule has 0 N–H and O–H groups in total. The molecule has 3 rings (SSSR count). The lowest BCUT2D eigenvalue weighted by Gasteiger charge is -2.11. The Morgan fingerprint density at radius 2 is 1.96 bits per heavy atom. The van der Waals surface area contributed by atoms with Crippen molar-refractivity contribution < 1.29 is 4.74 Å². The van der Waals surface area contributed by atoms with Crippen LogP contribution < -0.4 is 4.74 Å². The normalized spacial score (nSPS) is 11.8. The molecule has 1 aromatic heterocycles. The van der Waals surface area contributed by atoms with Gasteiger partial charge < -0.3 is 4.74 Å². The van der Waals surface area contributed by atoms with Crippen LogP contribution in [0.15, 0.2) is 53.7 Å². The number of halogens is 1. The summed E-state index contributed by atoms with van der Waals surface area (Å²) in [6.45, 7) is 1.83. The molecule has 0 bridgehead atoms. The summed E-state index contributed by atoms with van der Waals surface area (Å²) in [5, 5.41) is 18.8. The topological polar surface area (TPSA) is 63.7 Å². The Bertz CT molecular complexity index is 918. The van der Waals surface area contributed by atoms with Gasteiger partial charge in [0.25, 0.3) is 0 Å². The number of nitrogens with zero attached hydrogens (tertiary/aromatic N) is 4. The van der Waals surface area contributed by atoms with Crippen molar-refractivity contribution in [2.24, 2.45) is 0 Å². The number of nitriles is 1. The molecule has 0 unspecified atom stereocenters. The number of aromatic nitrogens is 3. The Labute approximate surface area is 155 Å². The number of thioether (sulfide) groups is 1. The standard InChI is InChI=1S/C18H15ClN4OS/c1-12(11-20)25-18-22-21-17(13-4-3-5-16(10-13)24-2)23(18)15-8-6-14(19)7-9-15/h3-10,12H,1-2H3/t12-/m0/s1. The van der Waals surface area contributed by atoms with Crippen LogP contribution >= 0.6 is 23.4 Å². The molecule has 0 spiro atoms. The van der Waals surface area contributed by atoms with Crippen molar-refractivity contribution in [1.29, 1.82) is 5.26 Å². The van der Waals surface area contributed by atoms with E-state index < -0.39 is 0 Å². The minimum atomic E-state index is -0.242. The second-order valence-electron chi connectivity index (χ2n) is 5.24. The third-order valence-corrected chi connectivity index (χ3v) is 4.70. The van der Waals surface area contributed by atoms with Crippen molar-refractivity contribution in [3.05, 3.63) is 53.6 Å². The third-order valence-electron chi connectivity index (χ3n) is 3.51. The Hall–Kier alpha value is -2.49. The maximum atomic E-state index is 9.12. The van der Waals surface area contributed by atoms with Gasteiger partial charge in [-0.15, -0.1) is 10.2 Å². The zero-order chi connectivity index (χ0) is 17.8. The molecule has 7 heteroatoms. The largest absolute Gasteiger partial charge is 0.497 e. The van der Waals surface area contributed by atoms with Gasteiger partial charge in [0.2, 0.25) is 0 Å². The molecule has 0 aliphatic rings. The Morgan fingerprint density at radius 1 is 1.20 bits per heavy atom. The van der Waals surface area contributed by atoms with Crippen molar-refractivity contribution in [2.75, 3.05) is 7.11 Å². The van der Waals surface area contributed by atoms with Crippen molar-refractivity contribution in [2.45, 2.75) is 17.3 Å². The molecule has 0 aliphatic carbocycles. The van der Waals surface area contributed by atoms with Crippen LogP contribution in [0.5, 0.6) is 5.75 Å². The lowest BCUT2D eigenvalue weighted by atomic mass is 10.2. The minimum absolute atomic E-state index is 0.242. The number of methoxy groups -OCH3 is 1. The van der Waals surface area contributed by atoms with Gasteiger partial charge in [0, 0.05) is 16.3 Å². The molecular formula is C18H15ClN4OS. The highest BCUT2D eigenvalue weighted by molar-refractivity contribution is 8.00. The maximum absolute atomic E-state index is 9.12. The molecule has 1 heterocycles. The van der Waals surface area contributed by atoms with Crippen LogP contribution in [0.3, 0.4) is 0 Å². The number of hydrogen-bond acceptors (Lipinski definition) is 5. The fourth-order valence-electron chi connectivity index (χ4n) is 2.30. The van der Waals surface area contributed by atoms with Gasteiger partial charge >= 0.3 is 0 Å². The van der Waals surface area contributed by atoms with E-state index in [0.29, 0.717) is 16.0 Å². The molecule has 0 saturated carbocycles. The summed E-state index contributed by atoms with van der Waals surface area (Å²) in [6, 6.07) is 17.3. The van der Waals surface area contributed by atoms with Crippen LogP contribution in [0.2, 0.25) is 5.02 Å². The molecule has 0 radical (unpaired) electrons. The number of hydrogen-bond donors (Lipinski definition) is 0. The van der Waals surface area contributed by atoms with Crippen LogP contribution in [0.4, 0.5) is 0 Å². The SMILES string of the molecule is COc1cccc(-c2nnc(S[C@@H](C)C#N)n2-c2ccc(Cl)cc2)c1. The van der Waals surface area contributed by atoms with Gasteiger partial charge in [-0.05, 0) is 43.3 Å². The minimum Gasteiger partial charge on any atom is -0.497 e. The van der Waals surface area contributed by atoms with E-state index in [1.807, 2.05) is 60.0 Å². The van der Waals surface area contributed by atoms with Crippen molar-refractivity contribution in [1.82, 2.24) is 14.8 Å². The third kappa shape index (κ3) is 3.78. The number of rotatable bonds is 5. The maximum Gasteiger partial charge on any atom is 0.197 e. The Kier molecular flexibility index (Phi) is 5.27. The monoisotopic (exact) mass is 370 g/mol. The van der Waals surface area contributed by atoms with E-state index in [4.69, 9.17) is 21.6 Å². The highest BCUT2D eigenvalue weighted by Crippen LogP contribution is 2.31. The first kappa shape index (κ1) is 17.3. The molecule has 25 heavy (non-hydrogen) atoms. The molecule has 0 fully saturated rings. The van der Waals surface area contributed by atoms with Crippen molar-refractivity contribution in [3.8, 4) is 28.9 Å². The summed E-state index contributed by atoms with van der Waals surface area (Å²) < 4.78 is 7.22. The van der Waals surface area contributed by atoms with Crippen LogP contribution in [0.1, 0.15) is 6.92 Å². The van der Waals surface area contributed by atoms with Gasteiger partial charge in [-0.3, -0.25) is 4.57 Å². The van der Waals surface area contributed by atoms with Crippen LogP contribution in [-0.2, 0) is 0 Å². The Balaban J connectivity index is 2.15. The van der Waals surface area contributed by atoms with E-state index in [9.17, 15) is 0 Å². The Morgan fingerprint density at radius 3 is 2.64 bits per heavy atom. The van der Waals surface area contributed by atoms with Crippen LogP contribution in [0.25, 0.3) is 17.1 Å². The summed E-state index contributed by atoms with van der Waals surface area (Å²) in [4.78, 5) is 0. The second kappa shape index (κ2) is 7.60. The predicted octanol–water partition coefficient (Wildman–Crippen LogP) is 4.60. The van der Waals surface area contributed by atoms with Gasteiger partial charge in [-0.1, -0.05) is 35.5 Å². The molecule has 1 atom stereocenters. The smallest absolute Gasteiger partial charge is 0.197 e. The van der Waals surface area contributed by atoms with Gasteiger partial charge in [-0.25, -0.2) is 0 Å². The summed E-state index contributed by atoms with van der Waals surface area (Å²) >= 11 is 7.37. The van der Waals surface area contributed by atoms with E-state index in [1.54, 1.807) is 7.11 Å². The summed E-state index contributed by atoms with van der Waals surface area (Å²) in [6.07, 6.45) is 0. The van der Waals surface area contributed by atoms with E-state index in [-0.39, 0.29) is 5.25 Å². The van der Waals surface area contributed by atoms with E-state index in [2.05, 4.69) is 16.3 Å². The molecule has 3 aromatic rings. The summed E-state index contributed by atoms with van der Waals surface area (Å²) in [7, 11) is 1.62. The number of ether oxygens (including phenoxy) is 1. The van der Waals surface area contributed by atoms with Crippen LogP contribution in [0, 0.1) is 11.3 Å².